The van der Waals surface area contributed by atoms with Gasteiger partial charge in [0.05, 0.1) is 0 Å². The van der Waals surface area contributed by atoms with Crippen LogP contribution in [0.2, 0.25) is 0 Å². The topological polar surface area (TPSA) is 29.1 Å². The summed E-state index contributed by atoms with van der Waals surface area (Å²) in [6.07, 6.45) is 2.78. The van der Waals surface area contributed by atoms with Gasteiger partial charge >= 0.3 is 0 Å². The molecule has 0 fully saturated rings. The van der Waals surface area contributed by atoms with E-state index in [0.29, 0.717) is 5.57 Å². The molecule has 10 heavy (non-hydrogen) atoms. The van der Waals surface area contributed by atoms with Crippen LogP contribution in [-0.4, -0.2) is 5.91 Å². The van der Waals surface area contributed by atoms with E-state index in [-0.39, 0.29) is 5.91 Å². The molecule has 0 saturated heterocycles. The van der Waals surface area contributed by atoms with Crippen LogP contribution in [0.4, 0.5) is 0 Å². The number of nitrogens with one attached hydrogen (secondary N) is 1. The summed E-state index contributed by atoms with van der Waals surface area (Å²) in [5.41, 5.74) is 0.553. The standard InChI is InChI=1S/C7H12ClNO/c1-3-4-5-6(2)7(10)9-8/h2-5H2,1H3,(H,9,10). The SMILES string of the molecule is C=C(CCCC)C(=O)NCl. The van der Waals surface area contributed by atoms with Gasteiger partial charge in [-0.1, -0.05) is 19.9 Å². The quantitative estimate of drug-likeness (QED) is 0.496. The van der Waals surface area contributed by atoms with E-state index in [0.717, 1.165) is 19.3 Å². The largest absolute Gasteiger partial charge is 0.268 e. The van der Waals surface area contributed by atoms with Crippen molar-refractivity contribution in [1.82, 2.24) is 4.84 Å². The first-order chi connectivity index (χ1) is 4.72. The molecule has 0 aliphatic heterocycles. The molecule has 0 heterocycles. The Labute approximate surface area is 66.4 Å². The van der Waals surface area contributed by atoms with Crippen molar-refractivity contribution in [2.75, 3.05) is 0 Å². The maximum absolute atomic E-state index is 10.7. The summed E-state index contributed by atoms with van der Waals surface area (Å²) in [6, 6.07) is 0. The van der Waals surface area contributed by atoms with E-state index in [2.05, 4.69) is 13.5 Å². The summed E-state index contributed by atoms with van der Waals surface area (Å²) < 4.78 is 0. The average molecular weight is 162 g/mol. The van der Waals surface area contributed by atoms with Crippen LogP contribution in [-0.2, 0) is 4.79 Å². The maximum Gasteiger partial charge on any atom is 0.260 e. The Morgan fingerprint density at radius 1 is 1.70 bits per heavy atom. The van der Waals surface area contributed by atoms with Gasteiger partial charge in [0.1, 0.15) is 0 Å². The minimum absolute atomic E-state index is 0.268. The summed E-state index contributed by atoms with van der Waals surface area (Å²) in [5.74, 6) is -0.268. The number of carbonyl (C=O) groups excluding carboxylic acids is 1. The van der Waals surface area contributed by atoms with Gasteiger partial charge in [-0.25, -0.2) is 0 Å². The third kappa shape index (κ3) is 3.51. The van der Waals surface area contributed by atoms with Crippen LogP contribution in [0.15, 0.2) is 12.2 Å². The Kier molecular flexibility index (Phi) is 5.03. The average Bonchev–Trinajstić information content (AvgIpc) is 1.98. The molecule has 0 unspecified atom stereocenters. The number of hydrogen-bond donors (Lipinski definition) is 1. The second kappa shape index (κ2) is 5.30. The molecule has 1 amide bonds. The lowest BCUT2D eigenvalue weighted by Crippen LogP contribution is -2.13. The Balaban J connectivity index is 3.52. The molecular formula is C7H12ClNO. The summed E-state index contributed by atoms with van der Waals surface area (Å²) >= 11 is 5.07. The van der Waals surface area contributed by atoms with E-state index in [1.54, 1.807) is 0 Å². The fourth-order valence-electron chi connectivity index (χ4n) is 0.571. The van der Waals surface area contributed by atoms with Crippen molar-refractivity contribution >= 4 is 17.7 Å². The number of amides is 1. The Morgan fingerprint density at radius 3 is 2.70 bits per heavy atom. The predicted octanol–water partition coefficient (Wildman–Crippen LogP) is 2.00. The molecule has 0 aliphatic rings. The van der Waals surface area contributed by atoms with Crippen molar-refractivity contribution < 1.29 is 4.79 Å². The third-order valence-electron chi connectivity index (χ3n) is 1.24. The molecule has 0 aromatic heterocycles. The number of hydrogen-bond acceptors (Lipinski definition) is 1. The minimum atomic E-state index is -0.268. The molecular weight excluding hydrogens is 150 g/mol. The molecule has 3 heteroatoms. The molecule has 58 valence electrons. The van der Waals surface area contributed by atoms with Crippen LogP contribution in [0.3, 0.4) is 0 Å². The lowest BCUT2D eigenvalue weighted by Gasteiger charge is -1.99. The number of rotatable bonds is 4. The van der Waals surface area contributed by atoms with Crippen molar-refractivity contribution in [2.24, 2.45) is 0 Å². The van der Waals surface area contributed by atoms with Crippen LogP contribution in [0.25, 0.3) is 0 Å². The normalized spacial score (nSPS) is 9.00. The lowest BCUT2D eigenvalue weighted by molar-refractivity contribution is -0.116. The molecule has 0 spiro atoms. The Hall–Kier alpha value is -0.500. The molecule has 2 nitrogen and oxygen atoms in total. The monoisotopic (exact) mass is 161 g/mol. The first-order valence-corrected chi connectivity index (χ1v) is 3.69. The lowest BCUT2D eigenvalue weighted by atomic mass is 10.1. The van der Waals surface area contributed by atoms with Crippen molar-refractivity contribution in [3.8, 4) is 0 Å². The van der Waals surface area contributed by atoms with E-state index in [1.165, 1.54) is 0 Å². The zero-order valence-electron chi connectivity index (χ0n) is 6.11. The zero-order valence-corrected chi connectivity index (χ0v) is 6.87. The van der Waals surface area contributed by atoms with Crippen LogP contribution in [0.1, 0.15) is 26.2 Å². The van der Waals surface area contributed by atoms with Crippen molar-refractivity contribution in [1.29, 1.82) is 0 Å². The van der Waals surface area contributed by atoms with Crippen molar-refractivity contribution in [3.63, 3.8) is 0 Å². The van der Waals surface area contributed by atoms with Gasteiger partial charge in [0.2, 0.25) is 0 Å². The summed E-state index contributed by atoms with van der Waals surface area (Å²) in [4.78, 5) is 12.7. The third-order valence-corrected chi connectivity index (χ3v) is 1.41. The van der Waals surface area contributed by atoms with Crippen LogP contribution >= 0.6 is 11.8 Å². The van der Waals surface area contributed by atoms with Gasteiger partial charge in [-0.05, 0) is 12.8 Å². The van der Waals surface area contributed by atoms with Gasteiger partial charge in [0.15, 0.2) is 0 Å². The highest BCUT2D eigenvalue weighted by molar-refractivity contribution is 6.23. The molecule has 0 radical (unpaired) electrons. The maximum atomic E-state index is 10.7. The zero-order chi connectivity index (χ0) is 7.98. The van der Waals surface area contributed by atoms with Crippen molar-refractivity contribution in [3.05, 3.63) is 12.2 Å². The number of unbranched alkanes of at least 4 members (excludes halogenated alkanes) is 1. The first kappa shape index (κ1) is 9.50. The van der Waals surface area contributed by atoms with E-state index in [4.69, 9.17) is 11.8 Å². The number of halogens is 1. The molecule has 0 atom stereocenters. The van der Waals surface area contributed by atoms with Crippen LogP contribution in [0.5, 0.6) is 0 Å². The van der Waals surface area contributed by atoms with E-state index in [9.17, 15) is 4.79 Å². The van der Waals surface area contributed by atoms with E-state index >= 15 is 0 Å². The second-order valence-corrected chi connectivity index (χ2v) is 2.32. The fourth-order valence-corrected chi connectivity index (χ4v) is 0.704. The summed E-state index contributed by atoms with van der Waals surface area (Å²) in [5, 5.41) is 0. The van der Waals surface area contributed by atoms with Gasteiger partial charge in [-0.3, -0.25) is 9.63 Å². The molecule has 0 aromatic rings. The molecule has 0 rings (SSSR count). The Bertz CT molecular complexity index is 134. The molecule has 0 aliphatic carbocycles. The molecule has 0 bridgehead atoms. The van der Waals surface area contributed by atoms with Crippen LogP contribution in [0, 0.1) is 0 Å². The second-order valence-electron chi connectivity index (χ2n) is 2.13. The highest BCUT2D eigenvalue weighted by Gasteiger charge is 2.02. The molecule has 0 saturated carbocycles. The molecule has 1 N–H and O–H groups in total. The smallest absolute Gasteiger partial charge is 0.260 e. The van der Waals surface area contributed by atoms with Gasteiger partial charge in [-0.15, -0.1) is 0 Å². The highest BCUT2D eigenvalue weighted by atomic mass is 35.5. The molecule has 0 aromatic carbocycles. The van der Waals surface area contributed by atoms with E-state index in [1.807, 2.05) is 4.84 Å². The van der Waals surface area contributed by atoms with Gasteiger partial charge in [0.25, 0.3) is 5.91 Å². The van der Waals surface area contributed by atoms with E-state index < -0.39 is 0 Å². The van der Waals surface area contributed by atoms with Crippen molar-refractivity contribution in [2.45, 2.75) is 26.2 Å². The predicted molar refractivity (Wildman–Crippen MR) is 42.7 cm³/mol. The van der Waals surface area contributed by atoms with Gasteiger partial charge in [-0.2, -0.15) is 0 Å². The van der Waals surface area contributed by atoms with Crippen LogP contribution < -0.4 is 4.84 Å². The van der Waals surface area contributed by atoms with Gasteiger partial charge < -0.3 is 0 Å². The number of carbonyl (C=O) groups is 1. The first-order valence-electron chi connectivity index (χ1n) is 3.31. The Morgan fingerprint density at radius 2 is 2.30 bits per heavy atom. The van der Waals surface area contributed by atoms with Gasteiger partial charge in [0, 0.05) is 17.3 Å². The highest BCUT2D eigenvalue weighted by Crippen LogP contribution is 2.04. The fraction of sp³-hybridized carbons (Fsp3) is 0.571. The summed E-state index contributed by atoms with van der Waals surface area (Å²) in [6.45, 7) is 5.63. The minimum Gasteiger partial charge on any atom is -0.268 e. The summed E-state index contributed by atoms with van der Waals surface area (Å²) in [7, 11) is 0.